The summed E-state index contributed by atoms with van der Waals surface area (Å²) < 4.78 is 0. The molecule has 6 heteroatoms. The van der Waals surface area contributed by atoms with E-state index in [4.69, 9.17) is 11.6 Å². The normalized spacial score (nSPS) is 11.9. The van der Waals surface area contributed by atoms with Crippen molar-refractivity contribution in [1.29, 1.82) is 0 Å². The number of hydrogen-bond acceptors (Lipinski definition) is 4. The third-order valence-electron chi connectivity index (χ3n) is 3.03. The molecule has 1 heterocycles. The quantitative estimate of drug-likeness (QED) is 0.679. The van der Waals surface area contributed by atoms with Crippen molar-refractivity contribution in [1.82, 2.24) is 4.98 Å². The Kier molecular flexibility index (Phi) is 4.20. The van der Waals surface area contributed by atoms with Crippen molar-refractivity contribution in [2.75, 3.05) is 5.32 Å². The van der Waals surface area contributed by atoms with Crippen LogP contribution in [0.25, 0.3) is 0 Å². The van der Waals surface area contributed by atoms with Crippen molar-refractivity contribution in [3.05, 3.63) is 62.8 Å². The number of hydrogen-bond donors (Lipinski definition) is 1. The van der Waals surface area contributed by atoms with E-state index in [2.05, 4.69) is 10.3 Å². The molecule has 0 spiro atoms. The van der Waals surface area contributed by atoms with Crippen LogP contribution in [0.1, 0.15) is 24.1 Å². The molecule has 0 aliphatic rings. The third kappa shape index (κ3) is 2.88. The molecule has 1 atom stereocenters. The molecule has 1 unspecified atom stereocenters. The predicted octanol–water partition coefficient (Wildman–Crippen LogP) is 4.12. The van der Waals surface area contributed by atoms with Gasteiger partial charge in [0.05, 0.1) is 11.0 Å². The van der Waals surface area contributed by atoms with Gasteiger partial charge in [-0.3, -0.25) is 10.1 Å². The van der Waals surface area contributed by atoms with Crippen LogP contribution in [0.15, 0.2) is 36.5 Å². The Morgan fingerprint density at radius 2 is 2.05 bits per heavy atom. The lowest BCUT2D eigenvalue weighted by molar-refractivity contribution is -0.384. The first-order valence-electron chi connectivity index (χ1n) is 6.11. The summed E-state index contributed by atoms with van der Waals surface area (Å²) in [6.07, 6.45) is 1.55. The van der Waals surface area contributed by atoms with E-state index >= 15 is 0 Å². The van der Waals surface area contributed by atoms with Gasteiger partial charge < -0.3 is 5.32 Å². The SMILES string of the molecule is Cc1ccnc(NC(C)c2ccccc2Cl)c1[N+](=O)[O-]. The Bertz CT molecular complexity index is 646. The maximum Gasteiger partial charge on any atom is 0.314 e. The highest BCUT2D eigenvalue weighted by molar-refractivity contribution is 6.31. The molecule has 0 fully saturated rings. The lowest BCUT2D eigenvalue weighted by Crippen LogP contribution is -2.10. The maximum absolute atomic E-state index is 11.1. The van der Waals surface area contributed by atoms with Crippen molar-refractivity contribution in [2.24, 2.45) is 0 Å². The van der Waals surface area contributed by atoms with Crippen LogP contribution >= 0.6 is 11.6 Å². The molecule has 104 valence electrons. The molecule has 0 aliphatic heterocycles. The van der Waals surface area contributed by atoms with Gasteiger partial charge in [0.2, 0.25) is 5.82 Å². The zero-order valence-corrected chi connectivity index (χ0v) is 11.9. The van der Waals surface area contributed by atoms with Crippen LogP contribution < -0.4 is 5.32 Å². The predicted molar refractivity (Wildman–Crippen MR) is 79.1 cm³/mol. The van der Waals surface area contributed by atoms with Gasteiger partial charge in [-0.05, 0) is 31.5 Å². The molecular weight excluding hydrogens is 278 g/mol. The molecule has 2 aromatic rings. The van der Waals surface area contributed by atoms with E-state index < -0.39 is 4.92 Å². The van der Waals surface area contributed by atoms with Gasteiger partial charge >= 0.3 is 5.69 Å². The first kappa shape index (κ1) is 14.3. The maximum atomic E-state index is 11.1. The summed E-state index contributed by atoms with van der Waals surface area (Å²) in [5, 5.41) is 14.8. The minimum Gasteiger partial charge on any atom is -0.358 e. The minimum atomic E-state index is -0.427. The Labute approximate surface area is 121 Å². The van der Waals surface area contributed by atoms with Crippen molar-refractivity contribution in [2.45, 2.75) is 19.9 Å². The summed E-state index contributed by atoms with van der Waals surface area (Å²) in [4.78, 5) is 14.8. The highest BCUT2D eigenvalue weighted by Gasteiger charge is 2.20. The summed E-state index contributed by atoms with van der Waals surface area (Å²) in [6, 6.07) is 8.80. The van der Waals surface area contributed by atoms with Crippen LogP contribution in [-0.4, -0.2) is 9.91 Å². The molecule has 1 aromatic carbocycles. The summed E-state index contributed by atoms with van der Waals surface area (Å²) in [5.74, 6) is 0.252. The van der Waals surface area contributed by atoms with Gasteiger partial charge in [-0.25, -0.2) is 4.98 Å². The molecule has 0 amide bonds. The van der Waals surface area contributed by atoms with Crippen LogP contribution in [0.5, 0.6) is 0 Å². The summed E-state index contributed by atoms with van der Waals surface area (Å²) >= 11 is 6.12. The number of nitrogens with one attached hydrogen (secondary N) is 1. The second kappa shape index (κ2) is 5.88. The van der Waals surface area contributed by atoms with Crippen LogP contribution in [0.4, 0.5) is 11.5 Å². The Hall–Kier alpha value is -2.14. The molecule has 0 saturated carbocycles. The highest BCUT2D eigenvalue weighted by Crippen LogP contribution is 2.30. The summed E-state index contributed by atoms with van der Waals surface area (Å²) in [7, 11) is 0. The fourth-order valence-electron chi connectivity index (χ4n) is 2.00. The largest absolute Gasteiger partial charge is 0.358 e. The van der Waals surface area contributed by atoms with Crippen LogP contribution in [0, 0.1) is 17.0 Å². The van der Waals surface area contributed by atoms with E-state index in [1.54, 1.807) is 25.3 Å². The lowest BCUT2D eigenvalue weighted by atomic mass is 10.1. The van der Waals surface area contributed by atoms with Crippen LogP contribution in [0.2, 0.25) is 5.02 Å². The number of benzene rings is 1. The van der Waals surface area contributed by atoms with E-state index in [1.807, 2.05) is 25.1 Å². The summed E-state index contributed by atoms with van der Waals surface area (Å²) in [5.41, 5.74) is 1.43. The molecule has 0 radical (unpaired) electrons. The Balaban J connectivity index is 2.33. The average molecular weight is 292 g/mol. The average Bonchev–Trinajstić information content (AvgIpc) is 2.38. The van der Waals surface area contributed by atoms with Gasteiger partial charge in [-0.1, -0.05) is 29.8 Å². The zero-order chi connectivity index (χ0) is 14.7. The number of aryl methyl sites for hydroxylation is 1. The van der Waals surface area contributed by atoms with Gasteiger partial charge in [0.1, 0.15) is 0 Å². The smallest absolute Gasteiger partial charge is 0.314 e. The van der Waals surface area contributed by atoms with E-state index in [-0.39, 0.29) is 17.5 Å². The number of rotatable bonds is 4. The van der Waals surface area contributed by atoms with Crippen molar-refractivity contribution >= 4 is 23.1 Å². The third-order valence-corrected chi connectivity index (χ3v) is 3.38. The van der Waals surface area contributed by atoms with Crippen LogP contribution in [-0.2, 0) is 0 Å². The van der Waals surface area contributed by atoms with E-state index in [0.717, 1.165) is 5.56 Å². The molecule has 0 bridgehead atoms. The van der Waals surface area contributed by atoms with Gasteiger partial charge in [-0.15, -0.1) is 0 Å². The number of nitro groups is 1. The molecule has 1 aromatic heterocycles. The molecule has 5 nitrogen and oxygen atoms in total. The second-order valence-electron chi connectivity index (χ2n) is 4.47. The first-order valence-corrected chi connectivity index (χ1v) is 6.49. The van der Waals surface area contributed by atoms with E-state index in [1.165, 1.54) is 0 Å². The molecule has 2 rings (SSSR count). The number of pyridine rings is 1. The fourth-order valence-corrected chi connectivity index (χ4v) is 2.30. The minimum absolute atomic E-state index is 0.00796. The van der Waals surface area contributed by atoms with E-state index in [9.17, 15) is 10.1 Å². The monoisotopic (exact) mass is 291 g/mol. The lowest BCUT2D eigenvalue weighted by Gasteiger charge is -2.16. The molecule has 0 aliphatic carbocycles. The van der Waals surface area contributed by atoms with Crippen molar-refractivity contribution in [3.63, 3.8) is 0 Å². The number of nitrogens with zero attached hydrogens (tertiary/aromatic N) is 2. The van der Waals surface area contributed by atoms with Gasteiger partial charge in [0.25, 0.3) is 0 Å². The van der Waals surface area contributed by atoms with Gasteiger partial charge in [-0.2, -0.15) is 0 Å². The highest BCUT2D eigenvalue weighted by atomic mass is 35.5. The first-order chi connectivity index (χ1) is 9.50. The fraction of sp³-hybridized carbons (Fsp3) is 0.214. The standard InChI is InChI=1S/C14H14ClN3O2/c1-9-7-8-16-14(13(9)18(19)20)17-10(2)11-5-3-4-6-12(11)15/h3-8,10H,1-2H3,(H,16,17). The van der Waals surface area contributed by atoms with Crippen molar-refractivity contribution in [3.8, 4) is 0 Å². The number of aromatic nitrogens is 1. The number of anilines is 1. The number of halogens is 1. The molecular formula is C14H14ClN3O2. The Morgan fingerprint density at radius 3 is 2.70 bits per heavy atom. The van der Waals surface area contributed by atoms with Crippen molar-refractivity contribution < 1.29 is 4.92 Å². The van der Waals surface area contributed by atoms with Gasteiger partial charge in [0, 0.05) is 16.8 Å². The molecule has 0 saturated heterocycles. The molecule has 1 N–H and O–H groups in total. The topological polar surface area (TPSA) is 68.1 Å². The molecule has 20 heavy (non-hydrogen) atoms. The van der Waals surface area contributed by atoms with E-state index in [0.29, 0.717) is 10.6 Å². The van der Waals surface area contributed by atoms with Gasteiger partial charge in [0.15, 0.2) is 0 Å². The zero-order valence-electron chi connectivity index (χ0n) is 11.1. The van der Waals surface area contributed by atoms with Crippen LogP contribution in [0.3, 0.4) is 0 Å². The summed E-state index contributed by atoms with van der Waals surface area (Å²) in [6.45, 7) is 3.57. The Morgan fingerprint density at radius 1 is 1.35 bits per heavy atom. The second-order valence-corrected chi connectivity index (χ2v) is 4.88.